The van der Waals surface area contributed by atoms with E-state index < -0.39 is 0 Å². The van der Waals surface area contributed by atoms with Crippen LogP contribution in [0.4, 0.5) is 11.4 Å². The first-order chi connectivity index (χ1) is 16.3. The third-order valence-corrected chi connectivity index (χ3v) is 6.81. The van der Waals surface area contributed by atoms with Crippen LogP contribution in [-0.4, -0.2) is 48.0 Å². The second-order valence-electron chi connectivity index (χ2n) is 8.56. The van der Waals surface area contributed by atoms with E-state index in [4.69, 9.17) is 12.2 Å². The summed E-state index contributed by atoms with van der Waals surface area (Å²) in [5, 5.41) is 7.93. The molecule has 6 nitrogen and oxygen atoms in total. The van der Waals surface area contributed by atoms with E-state index in [2.05, 4.69) is 31.5 Å². The van der Waals surface area contributed by atoms with Crippen molar-refractivity contribution in [2.45, 2.75) is 13.8 Å². The fourth-order valence-corrected chi connectivity index (χ4v) is 4.82. The maximum absolute atomic E-state index is 12.9. The van der Waals surface area contributed by atoms with Crippen LogP contribution in [0.3, 0.4) is 0 Å². The number of hydrogen-bond donors (Lipinski definition) is 2. The summed E-state index contributed by atoms with van der Waals surface area (Å²) in [7, 11) is 0. The largest absolute Gasteiger partial charge is 0.368 e. The van der Waals surface area contributed by atoms with Crippen molar-refractivity contribution in [3.8, 4) is 0 Å². The topological polar surface area (TPSA) is 64.7 Å². The second kappa shape index (κ2) is 10.5. The Hall–Kier alpha value is -2.97. The normalized spacial score (nSPS) is 13.8. The van der Waals surface area contributed by atoms with Crippen LogP contribution in [0, 0.1) is 5.92 Å². The van der Waals surface area contributed by atoms with Gasteiger partial charge in [0.05, 0.1) is 0 Å². The number of thiocarbonyl (C=S) groups is 1. The van der Waals surface area contributed by atoms with Crippen LogP contribution >= 0.6 is 28.1 Å². The van der Waals surface area contributed by atoms with Gasteiger partial charge in [-0.05, 0) is 59.4 Å². The Balaban J connectivity index is 1.34. The Kier molecular flexibility index (Phi) is 7.48. The number of fused-ring (bicyclic) bond motifs is 1. The fourth-order valence-electron chi connectivity index (χ4n) is 4.11. The number of nitrogens with one attached hydrogen (secondary N) is 2. The molecule has 1 saturated heterocycles. The van der Waals surface area contributed by atoms with Crippen LogP contribution < -0.4 is 15.5 Å². The zero-order valence-corrected chi connectivity index (χ0v) is 21.6. The van der Waals surface area contributed by atoms with Gasteiger partial charge >= 0.3 is 0 Å². The van der Waals surface area contributed by atoms with E-state index >= 15 is 0 Å². The van der Waals surface area contributed by atoms with E-state index in [1.165, 1.54) is 0 Å². The number of amides is 2. The lowest BCUT2D eigenvalue weighted by atomic mass is 10.0. The minimum Gasteiger partial charge on any atom is -0.368 e. The van der Waals surface area contributed by atoms with Crippen molar-refractivity contribution in [1.29, 1.82) is 0 Å². The highest BCUT2D eigenvalue weighted by molar-refractivity contribution is 9.10. The molecule has 1 heterocycles. The predicted molar refractivity (Wildman–Crippen MR) is 145 cm³/mol. The van der Waals surface area contributed by atoms with Gasteiger partial charge in [0.25, 0.3) is 5.91 Å². The molecule has 3 aromatic rings. The molecule has 0 radical (unpaired) electrons. The van der Waals surface area contributed by atoms with Crippen molar-refractivity contribution in [1.82, 2.24) is 10.2 Å². The zero-order valence-electron chi connectivity index (χ0n) is 19.2. The Morgan fingerprint density at radius 3 is 2.24 bits per heavy atom. The molecular formula is C26H27BrN4O2S. The van der Waals surface area contributed by atoms with Crippen LogP contribution in [0.2, 0.25) is 0 Å². The van der Waals surface area contributed by atoms with E-state index in [1.54, 1.807) is 6.07 Å². The number of hydrogen-bond acceptors (Lipinski definition) is 4. The van der Waals surface area contributed by atoms with Gasteiger partial charge in [0.15, 0.2) is 5.11 Å². The van der Waals surface area contributed by atoms with Gasteiger partial charge in [-0.25, -0.2) is 0 Å². The summed E-state index contributed by atoms with van der Waals surface area (Å²) in [6, 6.07) is 19.3. The molecule has 8 heteroatoms. The third kappa shape index (κ3) is 5.39. The summed E-state index contributed by atoms with van der Waals surface area (Å²) in [6.45, 7) is 6.96. The number of benzene rings is 3. The van der Waals surface area contributed by atoms with Crippen molar-refractivity contribution < 1.29 is 9.59 Å². The molecule has 4 rings (SSSR count). The molecule has 0 aromatic heterocycles. The molecule has 34 heavy (non-hydrogen) atoms. The number of carbonyl (C=O) groups is 2. The molecule has 0 unspecified atom stereocenters. The molecule has 1 aliphatic rings. The predicted octanol–water partition coefficient (Wildman–Crippen LogP) is 5.03. The van der Waals surface area contributed by atoms with Crippen molar-refractivity contribution >= 4 is 67.2 Å². The Morgan fingerprint density at radius 2 is 1.56 bits per heavy atom. The average molecular weight is 539 g/mol. The Labute approximate surface area is 213 Å². The average Bonchev–Trinajstić information content (AvgIpc) is 2.84. The van der Waals surface area contributed by atoms with E-state index in [0.29, 0.717) is 5.56 Å². The molecule has 176 valence electrons. The highest BCUT2D eigenvalue weighted by atomic mass is 79.9. The number of nitrogens with zero attached hydrogens (tertiary/aromatic N) is 2. The Bertz CT molecular complexity index is 1220. The minimum atomic E-state index is -0.258. The van der Waals surface area contributed by atoms with Crippen LogP contribution in [0.25, 0.3) is 10.8 Å². The maximum atomic E-state index is 12.9. The summed E-state index contributed by atoms with van der Waals surface area (Å²) >= 11 is 8.91. The van der Waals surface area contributed by atoms with E-state index in [-0.39, 0.29) is 22.8 Å². The van der Waals surface area contributed by atoms with Gasteiger partial charge in [0.2, 0.25) is 5.91 Å². The highest BCUT2D eigenvalue weighted by Crippen LogP contribution is 2.26. The number of rotatable bonds is 4. The van der Waals surface area contributed by atoms with Crippen LogP contribution in [0.15, 0.2) is 65.1 Å². The molecule has 0 spiro atoms. The molecule has 1 aliphatic heterocycles. The van der Waals surface area contributed by atoms with Crippen molar-refractivity contribution in [2.24, 2.45) is 5.92 Å². The first-order valence-electron chi connectivity index (χ1n) is 11.3. The van der Waals surface area contributed by atoms with Crippen molar-refractivity contribution in [3.05, 3.63) is 70.7 Å². The highest BCUT2D eigenvalue weighted by Gasteiger charge is 2.23. The summed E-state index contributed by atoms with van der Waals surface area (Å²) in [4.78, 5) is 29.3. The third-order valence-electron chi connectivity index (χ3n) is 5.92. The monoisotopic (exact) mass is 538 g/mol. The van der Waals surface area contributed by atoms with Gasteiger partial charge in [-0.1, -0.05) is 54.0 Å². The zero-order chi connectivity index (χ0) is 24.2. The van der Waals surface area contributed by atoms with Gasteiger partial charge in [-0.3, -0.25) is 14.9 Å². The summed E-state index contributed by atoms with van der Waals surface area (Å²) in [6.07, 6.45) is 0. The maximum Gasteiger partial charge on any atom is 0.258 e. The van der Waals surface area contributed by atoms with E-state index in [9.17, 15) is 9.59 Å². The molecule has 0 atom stereocenters. The number of anilines is 2. The molecule has 2 N–H and O–H groups in total. The van der Waals surface area contributed by atoms with Gasteiger partial charge in [-0.2, -0.15) is 0 Å². The van der Waals surface area contributed by atoms with E-state index in [0.717, 1.165) is 52.8 Å². The summed E-state index contributed by atoms with van der Waals surface area (Å²) in [5.74, 6) is -0.0127. The van der Waals surface area contributed by atoms with Crippen molar-refractivity contribution in [2.75, 3.05) is 36.4 Å². The van der Waals surface area contributed by atoms with Gasteiger partial charge < -0.3 is 15.1 Å². The lowest BCUT2D eigenvalue weighted by Gasteiger charge is -2.37. The van der Waals surface area contributed by atoms with Gasteiger partial charge in [-0.15, -0.1) is 0 Å². The summed E-state index contributed by atoms with van der Waals surface area (Å²) in [5.41, 5.74) is 2.45. The van der Waals surface area contributed by atoms with Crippen LogP contribution in [-0.2, 0) is 4.79 Å². The molecular weight excluding hydrogens is 512 g/mol. The molecule has 2 amide bonds. The summed E-state index contributed by atoms with van der Waals surface area (Å²) < 4.78 is 0.938. The van der Waals surface area contributed by atoms with Crippen LogP contribution in [0.1, 0.15) is 24.2 Å². The quantitative estimate of drug-likeness (QED) is 0.456. The molecule has 0 bridgehead atoms. The van der Waals surface area contributed by atoms with Gasteiger partial charge in [0.1, 0.15) is 0 Å². The molecule has 1 fully saturated rings. The lowest BCUT2D eigenvalue weighted by Crippen LogP contribution is -2.49. The Morgan fingerprint density at radius 1 is 0.912 bits per heavy atom. The fraction of sp³-hybridized carbons (Fsp3) is 0.269. The smallest absolute Gasteiger partial charge is 0.258 e. The number of halogens is 1. The van der Waals surface area contributed by atoms with E-state index in [1.807, 2.05) is 73.3 Å². The van der Waals surface area contributed by atoms with Crippen molar-refractivity contribution in [3.63, 3.8) is 0 Å². The minimum absolute atomic E-state index is 0.0312. The molecule has 0 saturated carbocycles. The lowest BCUT2D eigenvalue weighted by molar-refractivity contribution is -0.134. The molecule has 0 aliphatic carbocycles. The van der Waals surface area contributed by atoms with Gasteiger partial charge in [0, 0.05) is 53.5 Å². The molecule has 3 aromatic carbocycles. The standard InChI is InChI=1S/C26H27BrN4O2S/c1-17(2)25(33)31-15-13-30(14-16-31)19-11-9-18(10-12-19)28-26(34)29-24(32)22-7-3-6-21-20(22)5-4-8-23(21)27/h3-12,17H,13-16H2,1-2H3,(H2,28,29,32,34). The number of carbonyl (C=O) groups excluding carboxylic acids is 2. The number of piperazine rings is 1. The second-order valence-corrected chi connectivity index (χ2v) is 9.83. The SMILES string of the molecule is CC(C)C(=O)N1CCN(c2ccc(NC(=S)NC(=O)c3cccc4c(Br)cccc34)cc2)CC1. The first-order valence-corrected chi connectivity index (χ1v) is 12.5. The van der Waals surface area contributed by atoms with Crippen LogP contribution in [0.5, 0.6) is 0 Å². The first kappa shape index (κ1) is 24.2.